The Bertz CT molecular complexity index is 73.5. The molecule has 0 aliphatic carbocycles. The Hall–Kier alpha value is 0.353. The van der Waals surface area contributed by atoms with Crippen molar-refractivity contribution in [1.82, 2.24) is 0 Å². The minimum Gasteiger partial charge on any atom is -0.481 e. The summed E-state index contributed by atoms with van der Waals surface area (Å²) >= 11 is 0. The van der Waals surface area contributed by atoms with Gasteiger partial charge in [0.05, 0.1) is 0 Å². The molecule has 0 atom stereocenters. The summed E-state index contributed by atoms with van der Waals surface area (Å²) in [5.74, 6) is -0.682. The maximum Gasteiger partial charge on any atom is 0.303 e. The molecule has 3 heteroatoms. The number of rotatable bonds is 4. The fourth-order valence-electron chi connectivity index (χ4n) is 0.526. The summed E-state index contributed by atoms with van der Waals surface area (Å²) in [5, 5.41) is 8.14. The molecule has 53 valence electrons. The van der Waals surface area contributed by atoms with E-state index in [9.17, 15) is 4.79 Å². The van der Waals surface area contributed by atoms with Crippen molar-refractivity contribution in [3.63, 3.8) is 0 Å². The molecule has 1 N–H and O–H groups in total. The summed E-state index contributed by atoms with van der Waals surface area (Å²) < 4.78 is 0. The van der Waals surface area contributed by atoms with E-state index in [2.05, 4.69) is 6.92 Å². The van der Waals surface area contributed by atoms with Gasteiger partial charge >= 0.3 is 5.97 Å². The third-order valence-corrected chi connectivity index (χ3v) is 0.994. The number of aliphatic carboxylic acids is 1. The van der Waals surface area contributed by atoms with E-state index in [1.807, 2.05) is 0 Å². The van der Waals surface area contributed by atoms with Gasteiger partial charge in [-0.05, 0) is 6.42 Å². The van der Waals surface area contributed by atoms with Gasteiger partial charge in [-0.3, -0.25) is 4.79 Å². The predicted molar refractivity (Wildman–Crippen MR) is 37.5 cm³/mol. The van der Waals surface area contributed by atoms with Crippen LogP contribution in [0.5, 0.6) is 0 Å². The molecule has 0 unspecified atom stereocenters. The van der Waals surface area contributed by atoms with Gasteiger partial charge in [-0.1, -0.05) is 19.8 Å². The first-order chi connectivity index (χ1) is 3.77. The van der Waals surface area contributed by atoms with Crippen molar-refractivity contribution in [2.24, 2.45) is 0 Å². The second kappa shape index (κ2) is 8.35. The molecule has 0 aromatic heterocycles. The Morgan fingerprint density at radius 1 is 1.44 bits per heavy atom. The molecular weight excluding hydrogens is 313 g/mol. The number of carboxylic acids is 1. The first-order valence-corrected chi connectivity index (χ1v) is 2.99. The SMILES string of the molecule is CCCCCC(=O)O.[Bi]. The quantitative estimate of drug-likeness (QED) is 0.624. The molecule has 0 aliphatic heterocycles. The standard InChI is InChI=1S/C6H12O2.Bi/c1-2-3-4-5-6(7)8;/h2-5H2,1H3,(H,7,8);. The van der Waals surface area contributed by atoms with Gasteiger partial charge in [0.15, 0.2) is 0 Å². The first kappa shape index (κ1) is 12.1. The van der Waals surface area contributed by atoms with Gasteiger partial charge in [-0.25, -0.2) is 0 Å². The van der Waals surface area contributed by atoms with Crippen molar-refractivity contribution in [3.8, 4) is 0 Å². The van der Waals surface area contributed by atoms with Crippen LogP contribution in [0, 0.1) is 0 Å². The second-order valence-electron chi connectivity index (χ2n) is 1.85. The van der Waals surface area contributed by atoms with E-state index in [1.54, 1.807) is 0 Å². The predicted octanol–water partition coefficient (Wildman–Crippen LogP) is 1.27. The molecule has 0 aliphatic rings. The largest absolute Gasteiger partial charge is 0.481 e. The average Bonchev–Trinajstić information content (AvgIpc) is 1.66. The smallest absolute Gasteiger partial charge is 0.303 e. The van der Waals surface area contributed by atoms with Crippen LogP contribution in [0.4, 0.5) is 0 Å². The molecule has 0 rings (SSSR count). The van der Waals surface area contributed by atoms with Gasteiger partial charge < -0.3 is 5.11 Å². The van der Waals surface area contributed by atoms with E-state index in [0.29, 0.717) is 6.42 Å². The van der Waals surface area contributed by atoms with Crippen LogP contribution in [0.2, 0.25) is 0 Å². The Kier molecular flexibility index (Phi) is 11.2. The van der Waals surface area contributed by atoms with Gasteiger partial charge in [0.1, 0.15) is 0 Å². The second-order valence-corrected chi connectivity index (χ2v) is 1.85. The van der Waals surface area contributed by atoms with E-state index in [1.165, 1.54) is 0 Å². The van der Waals surface area contributed by atoms with Crippen LogP contribution in [-0.2, 0) is 4.79 Å². The van der Waals surface area contributed by atoms with Crippen molar-refractivity contribution in [3.05, 3.63) is 0 Å². The van der Waals surface area contributed by atoms with Crippen LogP contribution in [0.15, 0.2) is 0 Å². The third-order valence-electron chi connectivity index (χ3n) is 0.994. The van der Waals surface area contributed by atoms with Crippen LogP contribution in [0.1, 0.15) is 32.6 Å². The van der Waals surface area contributed by atoms with Crippen molar-refractivity contribution < 1.29 is 9.90 Å². The minimum absolute atomic E-state index is 0. The van der Waals surface area contributed by atoms with Crippen LogP contribution in [0.25, 0.3) is 0 Å². The van der Waals surface area contributed by atoms with Gasteiger partial charge in [-0.15, -0.1) is 0 Å². The summed E-state index contributed by atoms with van der Waals surface area (Å²) in [5.41, 5.74) is 0. The molecule has 9 heavy (non-hydrogen) atoms. The van der Waals surface area contributed by atoms with Crippen molar-refractivity contribution in [2.75, 3.05) is 0 Å². The zero-order valence-electron chi connectivity index (χ0n) is 5.63. The molecule has 0 saturated heterocycles. The first-order valence-electron chi connectivity index (χ1n) is 2.99. The number of carboxylic acid groups (broad SMARTS) is 1. The zero-order valence-corrected chi connectivity index (χ0v) is 9.11. The summed E-state index contributed by atoms with van der Waals surface area (Å²) in [6.07, 6.45) is 3.28. The topological polar surface area (TPSA) is 37.3 Å². The van der Waals surface area contributed by atoms with Gasteiger partial charge in [0.2, 0.25) is 0 Å². The summed E-state index contributed by atoms with van der Waals surface area (Å²) in [6.45, 7) is 2.06. The zero-order chi connectivity index (χ0) is 6.41. The normalized spacial score (nSPS) is 8.11. The third kappa shape index (κ3) is 11.8. The van der Waals surface area contributed by atoms with Gasteiger partial charge in [-0.2, -0.15) is 0 Å². The Morgan fingerprint density at radius 3 is 2.33 bits per heavy atom. The molecule has 0 amide bonds. The monoisotopic (exact) mass is 325 g/mol. The van der Waals surface area contributed by atoms with Crippen molar-refractivity contribution in [2.45, 2.75) is 32.6 Å². The molecule has 2 nitrogen and oxygen atoms in total. The molecule has 0 aromatic rings. The molecule has 0 heterocycles. The van der Waals surface area contributed by atoms with Gasteiger partial charge in [0, 0.05) is 32.6 Å². The molecular formula is C6H12BiO2. The fraction of sp³-hybridized carbons (Fsp3) is 0.833. The van der Waals surface area contributed by atoms with Gasteiger partial charge in [0.25, 0.3) is 0 Å². The van der Waals surface area contributed by atoms with E-state index < -0.39 is 5.97 Å². The average molecular weight is 325 g/mol. The molecule has 0 spiro atoms. The molecule has 3 radical (unpaired) electrons. The van der Waals surface area contributed by atoms with E-state index in [-0.39, 0.29) is 26.2 Å². The van der Waals surface area contributed by atoms with Crippen LogP contribution in [0.3, 0.4) is 0 Å². The van der Waals surface area contributed by atoms with Crippen LogP contribution < -0.4 is 0 Å². The van der Waals surface area contributed by atoms with Crippen molar-refractivity contribution in [1.29, 1.82) is 0 Å². The molecule has 0 saturated carbocycles. The number of unbranched alkanes of at least 4 members (excludes halogenated alkanes) is 2. The van der Waals surface area contributed by atoms with E-state index in [0.717, 1.165) is 19.3 Å². The number of hydrogen-bond donors (Lipinski definition) is 1. The van der Waals surface area contributed by atoms with Crippen molar-refractivity contribution >= 4 is 32.2 Å². The summed E-state index contributed by atoms with van der Waals surface area (Å²) in [6, 6.07) is 0. The van der Waals surface area contributed by atoms with E-state index in [4.69, 9.17) is 5.11 Å². The Morgan fingerprint density at radius 2 is 2.00 bits per heavy atom. The maximum absolute atomic E-state index is 9.87. The molecule has 0 aromatic carbocycles. The molecule has 0 fully saturated rings. The molecule has 0 bridgehead atoms. The Balaban J connectivity index is 0. The number of hydrogen-bond acceptors (Lipinski definition) is 1. The van der Waals surface area contributed by atoms with Crippen LogP contribution >= 0.6 is 0 Å². The van der Waals surface area contributed by atoms with Crippen LogP contribution in [-0.4, -0.2) is 37.3 Å². The number of carbonyl (C=O) groups is 1. The summed E-state index contributed by atoms with van der Waals surface area (Å²) in [7, 11) is 0. The fourth-order valence-corrected chi connectivity index (χ4v) is 0.526. The summed E-state index contributed by atoms with van der Waals surface area (Å²) in [4.78, 5) is 9.87. The van der Waals surface area contributed by atoms with E-state index >= 15 is 0 Å². The maximum atomic E-state index is 9.87. The minimum atomic E-state index is -0.682. The Labute approximate surface area is 74.8 Å².